The zero-order valence-electron chi connectivity index (χ0n) is 9.32. The van der Waals surface area contributed by atoms with E-state index < -0.39 is 5.97 Å². The molecule has 2 atom stereocenters. The lowest BCUT2D eigenvalue weighted by atomic mass is 10.1. The second-order valence-corrected chi connectivity index (χ2v) is 3.82. The third kappa shape index (κ3) is 6.90. The maximum absolute atomic E-state index is 11.5. The first-order valence-electron chi connectivity index (χ1n) is 5.19. The number of hydrogen-bond acceptors (Lipinski definition) is 3. The van der Waals surface area contributed by atoms with Gasteiger partial charge in [0, 0.05) is 18.4 Å². The van der Waals surface area contributed by atoms with Crippen LogP contribution in [0.5, 0.6) is 0 Å². The molecule has 88 valence electrons. The Balaban J connectivity index is 3.79. The van der Waals surface area contributed by atoms with Gasteiger partial charge in [0.05, 0.1) is 0 Å². The number of rotatable bonds is 7. The van der Waals surface area contributed by atoms with E-state index in [9.17, 15) is 9.59 Å². The molecule has 0 heterocycles. The second kappa shape index (κ2) is 7.23. The Morgan fingerprint density at radius 3 is 2.40 bits per heavy atom. The van der Waals surface area contributed by atoms with Crippen molar-refractivity contribution in [2.75, 3.05) is 6.54 Å². The van der Waals surface area contributed by atoms with E-state index in [0.29, 0.717) is 19.4 Å². The van der Waals surface area contributed by atoms with Gasteiger partial charge in [-0.25, -0.2) is 0 Å². The summed E-state index contributed by atoms with van der Waals surface area (Å²) in [7, 11) is 0. The number of nitrogens with one attached hydrogen (secondary N) is 1. The molecule has 0 aromatic rings. The first-order valence-corrected chi connectivity index (χ1v) is 5.19. The van der Waals surface area contributed by atoms with Crippen molar-refractivity contribution >= 4 is 11.9 Å². The van der Waals surface area contributed by atoms with E-state index in [1.807, 2.05) is 6.92 Å². The Hall–Kier alpha value is -1.10. The highest BCUT2D eigenvalue weighted by molar-refractivity contribution is 5.78. The van der Waals surface area contributed by atoms with Crippen molar-refractivity contribution in [3.05, 3.63) is 0 Å². The van der Waals surface area contributed by atoms with Crippen molar-refractivity contribution in [1.82, 2.24) is 5.32 Å². The Morgan fingerprint density at radius 2 is 1.93 bits per heavy atom. The summed E-state index contributed by atoms with van der Waals surface area (Å²) in [4.78, 5) is 21.8. The maximum Gasteiger partial charge on any atom is 0.303 e. The van der Waals surface area contributed by atoms with Crippen molar-refractivity contribution in [2.24, 2.45) is 11.7 Å². The highest BCUT2D eigenvalue weighted by atomic mass is 16.4. The summed E-state index contributed by atoms with van der Waals surface area (Å²) in [5.74, 6) is -1.01. The van der Waals surface area contributed by atoms with Gasteiger partial charge in [0.2, 0.25) is 5.91 Å². The molecule has 5 nitrogen and oxygen atoms in total. The number of carbonyl (C=O) groups is 2. The van der Waals surface area contributed by atoms with Crippen LogP contribution in [0.1, 0.15) is 33.1 Å². The molecule has 0 bridgehead atoms. The quantitative estimate of drug-likeness (QED) is 0.572. The second-order valence-electron chi connectivity index (χ2n) is 3.82. The molecule has 1 amide bonds. The summed E-state index contributed by atoms with van der Waals surface area (Å²) in [6.07, 6.45) is 1.18. The minimum Gasteiger partial charge on any atom is -0.481 e. The van der Waals surface area contributed by atoms with Crippen LogP contribution in [0.2, 0.25) is 0 Å². The van der Waals surface area contributed by atoms with Gasteiger partial charge < -0.3 is 16.2 Å². The molecule has 0 aliphatic rings. The highest BCUT2D eigenvalue weighted by Gasteiger charge is 2.14. The van der Waals surface area contributed by atoms with E-state index in [4.69, 9.17) is 10.8 Å². The van der Waals surface area contributed by atoms with Crippen molar-refractivity contribution < 1.29 is 14.7 Å². The molecule has 0 saturated carbocycles. The number of carbonyl (C=O) groups excluding carboxylic acids is 1. The number of carboxylic acids is 1. The average Bonchev–Trinajstić information content (AvgIpc) is 2.15. The number of hydrogen-bond donors (Lipinski definition) is 3. The first-order chi connectivity index (χ1) is 6.97. The van der Waals surface area contributed by atoms with Gasteiger partial charge in [-0.1, -0.05) is 6.92 Å². The van der Waals surface area contributed by atoms with Gasteiger partial charge in [0.15, 0.2) is 0 Å². The lowest BCUT2D eigenvalue weighted by Gasteiger charge is -2.16. The summed E-state index contributed by atoms with van der Waals surface area (Å²) < 4.78 is 0. The molecule has 15 heavy (non-hydrogen) atoms. The van der Waals surface area contributed by atoms with Gasteiger partial charge >= 0.3 is 5.97 Å². The van der Waals surface area contributed by atoms with Gasteiger partial charge in [-0.15, -0.1) is 0 Å². The van der Waals surface area contributed by atoms with Gasteiger partial charge in [0.25, 0.3) is 0 Å². The van der Waals surface area contributed by atoms with Gasteiger partial charge in [-0.3, -0.25) is 9.59 Å². The lowest BCUT2D eigenvalue weighted by Crippen LogP contribution is -2.37. The molecule has 5 heteroatoms. The number of nitrogens with two attached hydrogens (primary N) is 1. The van der Waals surface area contributed by atoms with Gasteiger partial charge in [-0.05, 0) is 26.3 Å². The largest absolute Gasteiger partial charge is 0.481 e. The van der Waals surface area contributed by atoms with E-state index >= 15 is 0 Å². The molecule has 0 spiro atoms. The molecular weight excluding hydrogens is 196 g/mol. The zero-order chi connectivity index (χ0) is 11.8. The number of amides is 1. The fourth-order valence-electron chi connectivity index (χ4n) is 1.18. The lowest BCUT2D eigenvalue weighted by molar-refractivity contribution is -0.137. The third-order valence-electron chi connectivity index (χ3n) is 2.23. The van der Waals surface area contributed by atoms with Crippen LogP contribution in [-0.4, -0.2) is 29.6 Å². The fourth-order valence-corrected chi connectivity index (χ4v) is 1.18. The van der Waals surface area contributed by atoms with Crippen molar-refractivity contribution in [2.45, 2.75) is 39.2 Å². The van der Waals surface area contributed by atoms with E-state index in [0.717, 1.165) is 0 Å². The molecule has 0 fully saturated rings. The van der Waals surface area contributed by atoms with Crippen LogP contribution in [0.3, 0.4) is 0 Å². The monoisotopic (exact) mass is 216 g/mol. The van der Waals surface area contributed by atoms with Gasteiger partial charge in [-0.2, -0.15) is 0 Å². The van der Waals surface area contributed by atoms with Crippen LogP contribution in [0.15, 0.2) is 0 Å². The normalized spacial score (nSPS) is 14.3. The zero-order valence-corrected chi connectivity index (χ0v) is 9.32. The van der Waals surface area contributed by atoms with Crippen molar-refractivity contribution in [1.29, 1.82) is 0 Å². The summed E-state index contributed by atoms with van der Waals surface area (Å²) in [6, 6.07) is -0.103. The summed E-state index contributed by atoms with van der Waals surface area (Å²) in [6.45, 7) is 4.10. The van der Waals surface area contributed by atoms with Crippen LogP contribution >= 0.6 is 0 Å². The molecule has 0 radical (unpaired) electrons. The molecule has 0 aromatic carbocycles. The van der Waals surface area contributed by atoms with E-state index in [2.05, 4.69) is 5.32 Å². The van der Waals surface area contributed by atoms with Crippen LogP contribution in [0.4, 0.5) is 0 Å². The van der Waals surface area contributed by atoms with E-state index in [1.54, 1.807) is 6.92 Å². The molecule has 2 unspecified atom stereocenters. The molecule has 0 saturated heterocycles. The number of aliphatic carboxylic acids is 1. The third-order valence-corrected chi connectivity index (χ3v) is 2.23. The fraction of sp³-hybridized carbons (Fsp3) is 0.800. The Kier molecular flexibility index (Phi) is 6.70. The maximum atomic E-state index is 11.5. The predicted molar refractivity (Wildman–Crippen MR) is 57.3 cm³/mol. The smallest absolute Gasteiger partial charge is 0.303 e. The average molecular weight is 216 g/mol. The van der Waals surface area contributed by atoms with Crippen LogP contribution in [0.25, 0.3) is 0 Å². The van der Waals surface area contributed by atoms with Crippen LogP contribution < -0.4 is 11.1 Å². The Labute approximate surface area is 90.0 Å². The van der Waals surface area contributed by atoms with Crippen LogP contribution in [0, 0.1) is 5.92 Å². The minimum absolute atomic E-state index is 0.0571. The molecule has 0 aliphatic carbocycles. The first kappa shape index (κ1) is 13.9. The standard InChI is InChI=1S/C10H20N2O3/c1-7(5-6-11)10(15)12-8(2)3-4-9(13)14/h7-8H,3-6,11H2,1-2H3,(H,12,15)(H,13,14). The van der Waals surface area contributed by atoms with E-state index in [-0.39, 0.29) is 24.3 Å². The number of carboxylic acid groups (broad SMARTS) is 1. The Morgan fingerprint density at radius 1 is 1.33 bits per heavy atom. The predicted octanol–water partition coefficient (Wildman–Crippen LogP) is 0.341. The SMILES string of the molecule is CC(CCC(=O)O)NC(=O)C(C)CCN. The summed E-state index contributed by atoms with van der Waals surface area (Å²) >= 11 is 0. The molecule has 0 aromatic heterocycles. The molecular formula is C10H20N2O3. The minimum atomic E-state index is -0.842. The summed E-state index contributed by atoms with van der Waals surface area (Å²) in [5, 5.41) is 11.2. The molecule has 0 rings (SSSR count). The Bertz CT molecular complexity index is 219. The molecule has 0 aliphatic heterocycles. The van der Waals surface area contributed by atoms with Gasteiger partial charge in [0.1, 0.15) is 0 Å². The molecule has 4 N–H and O–H groups in total. The highest BCUT2D eigenvalue weighted by Crippen LogP contribution is 2.02. The van der Waals surface area contributed by atoms with Crippen molar-refractivity contribution in [3.8, 4) is 0 Å². The summed E-state index contributed by atoms with van der Waals surface area (Å²) in [5.41, 5.74) is 5.34. The van der Waals surface area contributed by atoms with Crippen LogP contribution in [-0.2, 0) is 9.59 Å². The van der Waals surface area contributed by atoms with E-state index in [1.165, 1.54) is 0 Å². The van der Waals surface area contributed by atoms with Crippen molar-refractivity contribution in [3.63, 3.8) is 0 Å². The topological polar surface area (TPSA) is 92.4 Å².